The zero-order valence-corrected chi connectivity index (χ0v) is 15.1. The number of hydrogen-bond donors (Lipinski definition) is 0. The van der Waals surface area contributed by atoms with Gasteiger partial charge in [0, 0.05) is 18.0 Å². The summed E-state index contributed by atoms with van der Waals surface area (Å²) in [7, 11) is 0. The van der Waals surface area contributed by atoms with Crippen molar-refractivity contribution in [3.8, 4) is 17.1 Å². The third-order valence-corrected chi connectivity index (χ3v) is 2.86. The maximum Gasteiger partial charge on any atom is 2.00 e. The van der Waals surface area contributed by atoms with Crippen LogP contribution in [0.15, 0.2) is 73.1 Å². The van der Waals surface area contributed by atoms with Crippen molar-refractivity contribution in [1.29, 1.82) is 0 Å². The van der Waals surface area contributed by atoms with Crippen LogP contribution < -0.4 is 5.11 Å². The van der Waals surface area contributed by atoms with E-state index in [1.807, 2.05) is 36.4 Å². The summed E-state index contributed by atoms with van der Waals surface area (Å²) in [6, 6.07) is 17.8. The summed E-state index contributed by atoms with van der Waals surface area (Å²) in [6.45, 7) is 1.39. The Morgan fingerprint density at radius 3 is 1.56 bits per heavy atom. The van der Waals surface area contributed by atoms with Crippen LogP contribution in [0.4, 0.5) is 0 Å². The van der Waals surface area contributed by atoms with E-state index in [9.17, 15) is 9.90 Å². The van der Waals surface area contributed by atoms with Gasteiger partial charge in [-0.3, -0.25) is 14.8 Å². The van der Waals surface area contributed by atoms with E-state index in [0.717, 1.165) is 11.4 Å². The summed E-state index contributed by atoms with van der Waals surface area (Å²) in [6.07, 6.45) is 3.54. The molecule has 0 saturated carbocycles. The van der Waals surface area contributed by atoms with E-state index in [-0.39, 0.29) is 34.2 Å². The second-order valence-electron chi connectivity index (χ2n) is 4.71. The summed E-state index contributed by atoms with van der Waals surface area (Å²) >= 11 is 0. The van der Waals surface area contributed by atoms with Gasteiger partial charge in [0.05, 0.1) is 16.5 Å². The van der Waals surface area contributed by atoms with Gasteiger partial charge in [0.25, 0.3) is 0 Å². The molecule has 1 aromatic carbocycles. The molecule has 143 valence electrons. The second kappa shape index (κ2) is 13.0. The van der Waals surface area contributed by atoms with Crippen LogP contribution in [-0.2, 0) is 17.1 Å². The van der Waals surface area contributed by atoms with Crippen LogP contribution in [0.2, 0.25) is 0 Å². The fourth-order valence-corrected chi connectivity index (χ4v) is 1.79. The Bertz CT molecular complexity index is 791. The number of ketones is 1. The summed E-state index contributed by atoms with van der Waals surface area (Å²) in [5.74, 6) is -0.374. The molecule has 9 heteroatoms. The Hall–Kier alpha value is -3.29. The van der Waals surface area contributed by atoms with Crippen molar-refractivity contribution >= 4 is 5.78 Å². The molecule has 8 nitrogen and oxygen atoms in total. The molecule has 3 rings (SSSR count). The van der Waals surface area contributed by atoms with Crippen LogP contribution >= 0.6 is 0 Å². The molecule has 0 unspecified atom stereocenters. The van der Waals surface area contributed by atoms with E-state index in [0.29, 0.717) is 0 Å². The maximum absolute atomic E-state index is 10.8. The standard InChI is InChI=1S/C10H8N2.C8H8O2.Cu.NO3/c1-3-7-11-9(5-1)10-6-2-4-8-12-10;1-6(9)7-4-2-3-5-8(7)10;;2-1(3)4/h1-8H;2-5,10H,1H3;;/q;;+2;-1/p-1. The number of aromatic nitrogens is 2. The molecule has 3 aromatic rings. The number of hydrogen-bond acceptors (Lipinski definition) is 7. The van der Waals surface area contributed by atoms with Gasteiger partial charge in [0.15, 0.2) is 5.78 Å². The van der Waals surface area contributed by atoms with Gasteiger partial charge in [0.2, 0.25) is 0 Å². The molecule has 0 aliphatic heterocycles. The number of Topliss-reactive ketones (excluding diaryl/α,β-unsaturated/α-hetero) is 1. The van der Waals surface area contributed by atoms with Crippen molar-refractivity contribution in [3.05, 3.63) is 93.9 Å². The summed E-state index contributed by atoms with van der Waals surface area (Å²) in [5, 5.41) is 25.6. The van der Waals surface area contributed by atoms with Crippen molar-refractivity contribution in [2.45, 2.75) is 6.92 Å². The van der Waals surface area contributed by atoms with Gasteiger partial charge >= 0.3 is 17.1 Å². The SMILES string of the molecule is CC(=O)c1ccccc1[O-].O=[N+]([O-])[O-].[Cu+2].c1ccc(-c2ccccn2)nc1. The number of rotatable bonds is 2. The predicted molar refractivity (Wildman–Crippen MR) is 93.7 cm³/mol. The molecule has 0 atom stereocenters. The molecule has 0 aliphatic rings. The predicted octanol–water partition coefficient (Wildman–Crippen LogP) is 2.86. The molecule has 0 saturated heterocycles. The number of carbonyl (C=O) groups excluding carboxylic acids is 1. The van der Waals surface area contributed by atoms with Gasteiger partial charge in [-0.05, 0) is 31.2 Å². The molecule has 0 spiro atoms. The van der Waals surface area contributed by atoms with Crippen LogP contribution in [0.1, 0.15) is 17.3 Å². The molecular weight excluding hydrogens is 402 g/mol. The second-order valence-corrected chi connectivity index (χ2v) is 4.71. The molecule has 0 bridgehead atoms. The third kappa shape index (κ3) is 9.69. The fraction of sp³-hybridized carbons (Fsp3) is 0.0556. The van der Waals surface area contributed by atoms with Gasteiger partial charge in [-0.2, -0.15) is 0 Å². The van der Waals surface area contributed by atoms with E-state index in [4.69, 9.17) is 15.3 Å². The first-order valence-corrected chi connectivity index (χ1v) is 7.32. The molecule has 0 fully saturated rings. The van der Waals surface area contributed by atoms with Gasteiger partial charge < -0.3 is 20.4 Å². The van der Waals surface area contributed by atoms with Gasteiger partial charge in [0.1, 0.15) is 0 Å². The van der Waals surface area contributed by atoms with Crippen molar-refractivity contribution in [1.82, 2.24) is 9.97 Å². The minimum Gasteiger partial charge on any atom is -0.872 e. The molecular formula is C18H15CuN3O5. The van der Waals surface area contributed by atoms with E-state index in [2.05, 4.69) is 9.97 Å². The number of carbonyl (C=O) groups is 1. The molecule has 2 heterocycles. The van der Waals surface area contributed by atoms with Crippen molar-refractivity contribution in [2.75, 3.05) is 0 Å². The first-order valence-electron chi connectivity index (χ1n) is 7.32. The molecule has 0 aliphatic carbocycles. The van der Waals surface area contributed by atoms with E-state index >= 15 is 0 Å². The number of benzene rings is 1. The molecule has 0 N–H and O–H groups in total. The quantitative estimate of drug-likeness (QED) is 0.271. The Morgan fingerprint density at radius 1 is 0.852 bits per heavy atom. The molecule has 0 amide bonds. The molecule has 27 heavy (non-hydrogen) atoms. The van der Waals surface area contributed by atoms with Gasteiger partial charge in [-0.25, -0.2) is 0 Å². The summed E-state index contributed by atoms with van der Waals surface area (Å²) in [4.78, 5) is 27.3. The van der Waals surface area contributed by atoms with E-state index in [1.165, 1.54) is 19.1 Å². The number of pyridine rings is 2. The van der Waals surface area contributed by atoms with Crippen LogP contribution in [-0.4, -0.2) is 20.8 Å². The third-order valence-electron chi connectivity index (χ3n) is 2.86. The van der Waals surface area contributed by atoms with Crippen molar-refractivity contribution in [2.24, 2.45) is 0 Å². The monoisotopic (exact) mass is 416 g/mol. The van der Waals surface area contributed by atoms with Crippen LogP contribution in [0.25, 0.3) is 11.4 Å². The fourth-order valence-electron chi connectivity index (χ4n) is 1.79. The zero-order valence-electron chi connectivity index (χ0n) is 14.1. The molecule has 1 radical (unpaired) electrons. The minimum absolute atomic E-state index is 0. The van der Waals surface area contributed by atoms with Gasteiger partial charge in [-0.1, -0.05) is 42.1 Å². The Labute approximate surface area is 166 Å². The first-order chi connectivity index (χ1) is 12.4. The Morgan fingerprint density at radius 2 is 1.26 bits per heavy atom. The zero-order chi connectivity index (χ0) is 19.4. The van der Waals surface area contributed by atoms with Crippen LogP contribution in [0.3, 0.4) is 0 Å². The first kappa shape index (κ1) is 23.7. The normalized spacial score (nSPS) is 8.63. The number of nitrogens with zero attached hydrogens (tertiary/aromatic N) is 3. The van der Waals surface area contributed by atoms with Crippen LogP contribution in [0, 0.1) is 15.3 Å². The Balaban J connectivity index is 0.000000412. The summed E-state index contributed by atoms with van der Waals surface area (Å²) < 4.78 is 0. The van der Waals surface area contributed by atoms with Gasteiger partial charge in [-0.15, -0.1) is 0 Å². The van der Waals surface area contributed by atoms with E-state index < -0.39 is 5.09 Å². The topological polar surface area (TPSA) is 132 Å². The average molecular weight is 417 g/mol. The molecule has 2 aromatic heterocycles. The van der Waals surface area contributed by atoms with E-state index in [1.54, 1.807) is 24.5 Å². The Kier molecular flexibility index (Phi) is 11.4. The number of para-hydroxylation sites is 1. The maximum atomic E-state index is 10.8. The summed E-state index contributed by atoms with van der Waals surface area (Å²) in [5.41, 5.74) is 2.10. The van der Waals surface area contributed by atoms with Crippen LogP contribution in [0.5, 0.6) is 5.75 Å². The largest absolute Gasteiger partial charge is 2.00 e. The minimum atomic E-state index is -1.75. The smallest absolute Gasteiger partial charge is 0.872 e. The van der Waals surface area contributed by atoms with Crippen molar-refractivity contribution in [3.63, 3.8) is 0 Å². The average Bonchev–Trinajstić information content (AvgIpc) is 2.63. The van der Waals surface area contributed by atoms with Crippen molar-refractivity contribution < 1.29 is 32.1 Å².